The first-order valence-electron chi connectivity index (χ1n) is 15.0. The summed E-state index contributed by atoms with van der Waals surface area (Å²) in [5.74, 6) is 0. The van der Waals surface area contributed by atoms with Gasteiger partial charge in [0.1, 0.15) is 0 Å². The molecular weight excluding hydrogens is 424 g/mol. The van der Waals surface area contributed by atoms with E-state index in [1.807, 2.05) is 0 Å². The van der Waals surface area contributed by atoms with Gasteiger partial charge in [0.05, 0.1) is 0 Å². The highest BCUT2D eigenvalue weighted by molar-refractivity contribution is 7.60. The Kier molecular flexibility index (Phi) is 11.2. The summed E-state index contributed by atoms with van der Waals surface area (Å²) in [6.45, 7) is 5.09. The maximum atomic E-state index is 3.10. The molecule has 0 heterocycles. The minimum atomic E-state index is 0.202. The quantitative estimate of drug-likeness (QED) is 0.297. The number of rotatable bonds is 9. The van der Waals surface area contributed by atoms with Crippen LogP contribution in [0.1, 0.15) is 142 Å². The molecule has 3 heteroatoms. The Morgan fingerprint density at radius 3 is 0.938 bits per heavy atom. The third-order valence-electron chi connectivity index (χ3n) is 9.60. The summed E-state index contributed by atoms with van der Waals surface area (Å²) in [6, 6.07) is 0.754. The molecule has 4 rings (SSSR count). The first-order valence-corrected chi connectivity index (χ1v) is 18.3. The molecule has 4 aliphatic carbocycles. The molecular formula is C29H55NP2. The molecule has 0 N–H and O–H groups in total. The first kappa shape index (κ1) is 25.9. The fraction of sp³-hybridized carbons (Fsp3) is 1.00. The van der Waals surface area contributed by atoms with Gasteiger partial charge in [0.15, 0.2) is 0 Å². The van der Waals surface area contributed by atoms with E-state index in [-0.39, 0.29) is 15.8 Å². The zero-order chi connectivity index (χ0) is 22.2. The normalized spacial score (nSPS) is 26.1. The molecule has 4 saturated carbocycles. The molecule has 0 amide bonds. The van der Waals surface area contributed by atoms with Crippen LogP contribution in [0.5, 0.6) is 0 Å². The Morgan fingerprint density at radius 2 is 0.719 bits per heavy atom. The maximum Gasteiger partial charge on any atom is 0.0195 e. The van der Waals surface area contributed by atoms with Gasteiger partial charge in [-0.3, -0.25) is 4.90 Å². The molecule has 1 nitrogen and oxygen atoms in total. The van der Waals surface area contributed by atoms with Crippen LogP contribution in [0.15, 0.2) is 0 Å². The lowest BCUT2D eigenvalue weighted by Crippen LogP contribution is -2.38. The van der Waals surface area contributed by atoms with Crippen LogP contribution in [0.4, 0.5) is 0 Å². The lowest BCUT2D eigenvalue weighted by molar-refractivity contribution is 0.296. The van der Waals surface area contributed by atoms with E-state index in [1.54, 1.807) is 51.4 Å². The van der Waals surface area contributed by atoms with Gasteiger partial charge in [0, 0.05) is 18.6 Å². The van der Waals surface area contributed by atoms with Crippen LogP contribution in [0.3, 0.4) is 0 Å². The van der Waals surface area contributed by atoms with Gasteiger partial charge < -0.3 is 0 Å². The molecule has 0 bridgehead atoms. The van der Waals surface area contributed by atoms with E-state index < -0.39 is 0 Å². The van der Waals surface area contributed by atoms with Crippen molar-refractivity contribution in [3.8, 4) is 0 Å². The predicted octanol–water partition coefficient (Wildman–Crippen LogP) is 9.91. The summed E-state index contributed by atoms with van der Waals surface area (Å²) in [7, 11) is 0.404. The van der Waals surface area contributed by atoms with Crippen molar-refractivity contribution in [2.45, 2.75) is 171 Å². The van der Waals surface area contributed by atoms with Gasteiger partial charge in [-0.25, -0.2) is 0 Å². The molecule has 0 saturated heterocycles. The highest BCUT2D eigenvalue weighted by atomic mass is 31.1. The van der Waals surface area contributed by atoms with Crippen LogP contribution in [0, 0.1) is 0 Å². The van der Waals surface area contributed by atoms with Crippen molar-refractivity contribution >= 4 is 15.8 Å². The van der Waals surface area contributed by atoms with Gasteiger partial charge in [0.2, 0.25) is 0 Å². The summed E-state index contributed by atoms with van der Waals surface area (Å²) in [6.07, 6.45) is 34.0. The van der Waals surface area contributed by atoms with Crippen molar-refractivity contribution in [2.24, 2.45) is 0 Å². The zero-order valence-electron chi connectivity index (χ0n) is 21.8. The molecule has 4 fully saturated rings. The van der Waals surface area contributed by atoms with Gasteiger partial charge in [-0.2, -0.15) is 0 Å². The van der Waals surface area contributed by atoms with E-state index in [0.717, 1.165) is 28.7 Å². The van der Waals surface area contributed by atoms with Crippen LogP contribution >= 0.6 is 15.8 Å². The van der Waals surface area contributed by atoms with Gasteiger partial charge >= 0.3 is 0 Å². The summed E-state index contributed by atoms with van der Waals surface area (Å²) >= 11 is 0. The Balaban J connectivity index is 1.48. The molecule has 186 valence electrons. The third-order valence-corrected chi connectivity index (χ3v) is 16.8. The monoisotopic (exact) mass is 479 g/mol. The summed E-state index contributed by atoms with van der Waals surface area (Å²) in [5, 5.41) is 0. The van der Waals surface area contributed by atoms with Gasteiger partial charge in [-0.15, -0.1) is 0 Å². The lowest BCUT2D eigenvalue weighted by atomic mass is 9.99. The van der Waals surface area contributed by atoms with Crippen molar-refractivity contribution in [2.75, 3.05) is 12.6 Å². The van der Waals surface area contributed by atoms with E-state index in [1.165, 1.54) is 89.6 Å². The number of hydrogen-bond donors (Lipinski definition) is 0. The average molecular weight is 480 g/mol. The highest BCUT2D eigenvalue weighted by Crippen LogP contribution is 2.59. The van der Waals surface area contributed by atoms with Crippen molar-refractivity contribution in [3.05, 3.63) is 0 Å². The average Bonchev–Trinajstić information content (AvgIpc) is 2.86. The van der Waals surface area contributed by atoms with Crippen LogP contribution in [-0.2, 0) is 0 Å². The third kappa shape index (κ3) is 7.41. The van der Waals surface area contributed by atoms with E-state index in [0.29, 0.717) is 0 Å². The molecule has 0 aromatic carbocycles. The fourth-order valence-electron chi connectivity index (χ4n) is 7.50. The molecule has 0 atom stereocenters. The van der Waals surface area contributed by atoms with E-state index in [2.05, 4.69) is 18.7 Å². The van der Waals surface area contributed by atoms with E-state index in [4.69, 9.17) is 0 Å². The molecule has 0 aromatic rings. The molecule has 0 spiro atoms. The molecule has 32 heavy (non-hydrogen) atoms. The number of hydrogen-bond acceptors (Lipinski definition) is 1. The highest BCUT2D eigenvalue weighted by Gasteiger charge is 2.36. The van der Waals surface area contributed by atoms with Crippen molar-refractivity contribution < 1.29 is 0 Å². The van der Waals surface area contributed by atoms with Gasteiger partial charge in [-0.1, -0.05) is 92.9 Å². The Hall–Kier alpha value is 0.820. The molecule has 0 radical (unpaired) electrons. The molecule has 0 aliphatic heterocycles. The van der Waals surface area contributed by atoms with Crippen LogP contribution in [0.2, 0.25) is 0 Å². The lowest BCUT2D eigenvalue weighted by Gasteiger charge is -2.46. The van der Waals surface area contributed by atoms with Crippen LogP contribution in [0.25, 0.3) is 0 Å². The predicted molar refractivity (Wildman–Crippen MR) is 148 cm³/mol. The van der Waals surface area contributed by atoms with Crippen LogP contribution < -0.4 is 0 Å². The fourth-order valence-corrected chi connectivity index (χ4v) is 15.6. The summed E-state index contributed by atoms with van der Waals surface area (Å²) in [5.41, 5.74) is 4.44. The van der Waals surface area contributed by atoms with Crippen LogP contribution in [-0.4, -0.2) is 46.1 Å². The SMILES string of the molecule is CC(C)N(CP(C1CCCCC1)C1CCCCC1)CP(C1CCCCC1)C1CCCCC1. The first-order chi connectivity index (χ1) is 15.7. The topological polar surface area (TPSA) is 3.24 Å². The van der Waals surface area contributed by atoms with Crippen molar-refractivity contribution in [3.63, 3.8) is 0 Å². The molecule has 4 aliphatic rings. The van der Waals surface area contributed by atoms with Crippen molar-refractivity contribution in [1.82, 2.24) is 4.90 Å². The van der Waals surface area contributed by atoms with E-state index >= 15 is 0 Å². The second-order valence-corrected chi connectivity index (χ2v) is 17.7. The van der Waals surface area contributed by atoms with Gasteiger partial charge in [-0.05, 0) is 87.9 Å². The second-order valence-electron chi connectivity index (χ2n) is 12.2. The largest absolute Gasteiger partial charge is 0.293 e. The minimum absolute atomic E-state index is 0.202. The smallest absolute Gasteiger partial charge is 0.0195 e. The summed E-state index contributed by atoms with van der Waals surface area (Å²) in [4.78, 5) is 3.10. The standard InChI is InChI=1S/C29H55NP2/c1-25(2)30(23-31(26-15-7-3-8-16-26)27-17-9-4-10-18-27)24-32(28-19-11-5-12-20-28)29-21-13-6-14-22-29/h25-29H,3-24H2,1-2H3. The Bertz CT molecular complexity index is 421. The van der Waals surface area contributed by atoms with Gasteiger partial charge in [0.25, 0.3) is 0 Å². The number of nitrogens with zero attached hydrogens (tertiary/aromatic N) is 1. The maximum absolute atomic E-state index is 3.10. The van der Waals surface area contributed by atoms with Crippen molar-refractivity contribution in [1.29, 1.82) is 0 Å². The summed E-state index contributed by atoms with van der Waals surface area (Å²) < 4.78 is 0. The van der Waals surface area contributed by atoms with E-state index in [9.17, 15) is 0 Å². The Morgan fingerprint density at radius 1 is 0.469 bits per heavy atom. The zero-order valence-corrected chi connectivity index (χ0v) is 23.6. The minimum Gasteiger partial charge on any atom is -0.293 e. The molecule has 0 unspecified atom stereocenters. The second kappa shape index (κ2) is 13.8. The molecule has 0 aromatic heterocycles. The Labute approximate surface area is 204 Å².